The van der Waals surface area contributed by atoms with E-state index in [0.717, 1.165) is 34.9 Å². The van der Waals surface area contributed by atoms with Gasteiger partial charge in [-0.05, 0) is 61.1 Å². The molecule has 172 valence electrons. The summed E-state index contributed by atoms with van der Waals surface area (Å²) in [6.07, 6.45) is 9.53. The van der Waals surface area contributed by atoms with Gasteiger partial charge in [0.2, 0.25) is 0 Å². The van der Waals surface area contributed by atoms with E-state index in [-0.39, 0.29) is 11.7 Å². The van der Waals surface area contributed by atoms with Gasteiger partial charge in [0.05, 0.1) is 12.0 Å². The van der Waals surface area contributed by atoms with Gasteiger partial charge in [-0.2, -0.15) is 5.10 Å². The highest BCUT2D eigenvalue weighted by Gasteiger charge is 2.24. The summed E-state index contributed by atoms with van der Waals surface area (Å²) in [6.45, 7) is 0. The molecule has 0 aliphatic heterocycles. The first-order valence-electron chi connectivity index (χ1n) is 10.9. The molecule has 0 saturated heterocycles. The standard InChI is InChI=1S/C24H26ClN5OS2/c1-32-21-13-7-17(8-14-21)15-26-27-22(31)16-33-24-29-28-23(18-9-11-19(25)12-10-18)30(24)20-5-3-2-4-6-20/h7-15,20H,2-6,16H2,1H3,(H,27,31)/b26-15-. The van der Waals surface area contributed by atoms with Crippen molar-refractivity contribution in [2.24, 2.45) is 5.10 Å². The van der Waals surface area contributed by atoms with Gasteiger partial charge in [-0.15, -0.1) is 22.0 Å². The lowest BCUT2D eigenvalue weighted by molar-refractivity contribution is -0.118. The molecule has 1 aromatic heterocycles. The Morgan fingerprint density at radius 2 is 1.85 bits per heavy atom. The lowest BCUT2D eigenvalue weighted by atomic mass is 9.95. The fraction of sp³-hybridized carbons (Fsp3) is 0.333. The van der Waals surface area contributed by atoms with Crippen LogP contribution in [0.15, 0.2) is 63.7 Å². The number of halogens is 1. The van der Waals surface area contributed by atoms with E-state index in [2.05, 4.69) is 25.3 Å². The molecule has 1 aliphatic carbocycles. The highest BCUT2D eigenvalue weighted by atomic mass is 35.5. The number of hydrogen-bond donors (Lipinski definition) is 1. The van der Waals surface area contributed by atoms with Crippen molar-refractivity contribution in [1.82, 2.24) is 20.2 Å². The molecular formula is C24H26ClN5OS2. The SMILES string of the molecule is CSc1ccc(/C=N\NC(=O)CSc2nnc(-c3ccc(Cl)cc3)n2C2CCCCC2)cc1. The Kier molecular flexibility index (Phi) is 8.47. The van der Waals surface area contributed by atoms with Gasteiger partial charge in [0.1, 0.15) is 0 Å². The molecule has 0 spiro atoms. The van der Waals surface area contributed by atoms with Gasteiger partial charge in [0, 0.05) is 21.5 Å². The number of thioether (sulfide) groups is 2. The molecule has 0 bridgehead atoms. The Balaban J connectivity index is 1.42. The molecule has 1 N–H and O–H groups in total. The third-order valence-corrected chi connectivity index (χ3v) is 7.50. The highest BCUT2D eigenvalue weighted by molar-refractivity contribution is 7.99. The van der Waals surface area contributed by atoms with Crippen LogP contribution in [0.25, 0.3) is 11.4 Å². The highest BCUT2D eigenvalue weighted by Crippen LogP contribution is 2.35. The Labute approximate surface area is 207 Å². The number of carbonyl (C=O) groups is 1. The van der Waals surface area contributed by atoms with E-state index in [1.165, 1.54) is 35.9 Å². The van der Waals surface area contributed by atoms with Crippen LogP contribution >= 0.6 is 35.1 Å². The summed E-state index contributed by atoms with van der Waals surface area (Å²) in [5, 5.41) is 14.4. The van der Waals surface area contributed by atoms with Crippen LogP contribution in [0.1, 0.15) is 43.7 Å². The molecule has 1 amide bonds. The van der Waals surface area contributed by atoms with Crippen molar-refractivity contribution in [2.45, 2.75) is 48.2 Å². The monoisotopic (exact) mass is 499 g/mol. The van der Waals surface area contributed by atoms with E-state index in [1.807, 2.05) is 54.8 Å². The summed E-state index contributed by atoms with van der Waals surface area (Å²) in [5.41, 5.74) is 4.52. The Morgan fingerprint density at radius 1 is 1.12 bits per heavy atom. The van der Waals surface area contributed by atoms with Crippen molar-refractivity contribution in [3.8, 4) is 11.4 Å². The van der Waals surface area contributed by atoms with Crippen molar-refractivity contribution in [3.63, 3.8) is 0 Å². The minimum absolute atomic E-state index is 0.178. The van der Waals surface area contributed by atoms with Crippen LogP contribution in [-0.4, -0.2) is 38.9 Å². The van der Waals surface area contributed by atoms with Crippen LogP contribution in [0.2, 0.25) is 5.02 Å². The normalized spacial score (nSPS) is 14.6. The molecule has 0 radical (unpaired) electrons. The molecular weight excluding hydrogens is 474 g/mol. The van der Waals surface area contributed by atoms with E-state index < -0.39 is 0 Å². The molecule has 9 heteroatoms. The van der Waals surface area contributed by atoms with Gasteiger partial charge in [0.15, 0.2) is 11.0 Å². The quantitative estimate of drug-likeness (QED) is 0.231. The summed E-state index contributed by atoms with van der Waals surface area (Å²) in [6, 6.07) is 16.0. The van der Waals surface area contributed by atoms with Crippen LogP contribution < -0.4 is 5.43 Å². The Hall–Kier alpha value is -2.29. The lowest BCUT2D eigenvalue weighted by Crippen LogP contribution is -2.20. The molecule has 2 aromatic carbocycles. The molecule has 1 aliphatic rings. The van der Waals surface area contributed by atoms with Crippen LogP contribution in [-0.2, 0) is 4.79 Å². The summed E-state index contributed by atoms with van der Waals surface area (Å²) in [5.74, 6) is 0.866. The molecule has 1 heterocycles. The van der Waals surface area contributed by atoms with Crippen LogP contribution in [0.3, 0.4) is 0 Å². The van der Waals surface area contributed by atoms with Crippen molar-refractivity contribution in [3.05, 3.63) is 59.1 Å². The number of rotatable bonds is 8. The second-order valence-corrected chi connectivity index (χ2v) is 10.1. The fourth-order valence-electron chi connectivity index (χ4n) is 3.87. The van der Waals surface area contributed by atoms with Crippen LogP contribution in [0.4, 0.5) is 0 Å². The number of nitrogens with zero attached hydrogens (tertiary/aromatic N) is 4. The maximum absolute atomic E-state index is 12.4. The minimum Gasteiger partial charge on any atom is -0.299 e. The molecule has 0 atom stereocenters. The number of hydrazone groups is 1. The molecule has 33 heavy (non-hydrogen) atoms. The average Bonchev–Trinajstić information content (AvgIpc) is 3.28. The largest absolute Gasteiger partial charge is 0.299 e. The van der Waals surface area contributed by atoms with Crippen molar-refractivity contribution < 1.29 is 4.79 Å². The summed E-state index contributed by atoms with van der Waals surface area (Å²) >= 11 is 9.15. The first-order chi connectivity index (χ1) is 16.1. The molecule has 1 fully saturated rings. The zero-order valence-electron chi connectivity index (χ0n) is 18.4. The topological polar surface area (TPSA) is 72.2 Å². The number of nitrogens with one attached hydrogen (secondary N) is 1. The third kappa shape index (κ3) is 6.40. The molecule has 4 rings (SSSR count). The molecule has 3 aromatic rings. The van der Waals surface area contributed by atoms with Gasteiger partial charge in [0.25, 0.3) is 5.91 Å². The number of hydrogen-bond acceptors (Lipinski definition) is 6. The maximum Gasteiger partial charge on any atom is 0.250 e. The van der Waals surface area contributed by atoms with Crippen LogP contribution in [0.5, 0.6) is 0 Å². The molecule has 6 nitrogen and oxygen atoms in total. The number of benzene rings is 2. The van der Waals surface area contributed by atoms with E-state index in [1.54, 1.807) is 18.0 Å². The van der Waals surface area contributed by atoms with Crippen molar-refractivity contribution in [2.75, 3.05) is 12.0 Å². The second kappa shape index (κ2) is 11.7. The smallest absolute Gasteiger partial charge is 0.250 e. The number of aromatic nitrogens is 3. The van der Waals surface area contributed by atoms with Crippen molar-refractivity contribution >= 4 is 47.2 Å². The van der Waals surface area contributed by atoms with Gasteiger partial charge >= 0.3 is 0 Å². The first-order valence-corrected chi connectivity index (χ1v) is 13.5. The molecule has 0 unspecified atom stereocenters. The predicted octanol–water partition coefficient (Wildman–Crippen LogP) is 6.07. The zero-order valence-corrected chi connectivity index (χ0v) is 20.8. The predicted molar refractivity (Wildman–Crippen MR) is 137 cm³/mol. The second-order valence-electron chi connectivity index (χ2n) is 7.83. The van der Waals surface area contributed by atoms with Gasteiger partial charge in [-0.3, -0.25) is 9.36 Å². The van der Waals surface area contributed by atoms with Crippen molar-refractivity contribution in [1.29, 1.82) is 0 Å². The van der Waals surface area contributed by atoms with E-state index in [4.69, 9.17) is 11.6 Å². The van der Waals surface area contributed by atoms with E-state index >= 15 is 0 Å². The Bertz CT molecular complexity index is 1090. The fourth-order valence-corrected chi connectivity index (χ4v) is 5.20. The summed E-state index contributed by atoms with van der Waals surface area (Å²) < 4.78 is 2.21. The maximum atomic E-state index is 12.4. The number of amides is 1. The zero-order chi connectivity index (χ0) is 23.0. The number of carbonyl (C=O) groups excluding carboxylic acids is 1. The summed E-state index contributed by atoms with van der Waals surface area (Å²) in [7, 11) is 0. The van der Waals surface area contributed by atoms with Gasteiger partial charge in [-0.25, -0.2) is 5.43 Å². The summed E-state index contributed by atoms with van der Waals surface area (Å²) in [4.78, 5) is 13.6. The van der Waals surface area contributed by atoms with E-state index in [0.29, 0.717) is 11.1 Å². The van der Waals surface area contributed by atoms with Gasteiger partial charge < -0.3 is 0 Å². The van der Waals surface area contributed by atoms with Gasteiger partial charge in [-0.1, -0.05) is 54.8 Å². The van der Waals surface area contributed by atoms with E-state index in [9.17, 15) is 4.79 Å². The third-order valence-electron chi connectivity index (χ3n) is 5.56. The first kappa shape index (κ1) is 23.9. The minimum atomic E-state index is -0.178. The average molecular weight is 500 g/mol. The lowest BCUT2D eigenvalue weighted by Gasteiger charge is -2.25. The molecule has 1 saturated carbocycles. The Morgan fingerprint density at radius 3 is 2.55 bits per heavy atom. The van der Waals surface area contributed by atoms with Crippen LogP contribution in [0, 0.1) is 0 Å².